The van der Waals surface area contributed by atoms with Crippen LogP contribution in [0.15, 0.2) is 23.2 Å². The van der Waals surface area contributed by atoms with Gasteiger partial charge in [-0.2, -0.15) is 0 Å². The molecule has 0 spiro atoms. The molecule has 150 valence electrons. The fourth-order valence-electron chi connectivity index (χ4n) is 3.57. The molecule has 0 bridgehead atoms. The van der Waals surface area contributed by atoms with Crippen molar-refractivity contribution >= 4 is 5.96 Å². The Morgan fingerprint density at radius 2 is 2.00 bits per heavy atom. The summed E-state index contributed by atoms with van der Waals surface area (Å²) in [5, 5.41) is 3.27. The minimum Gasteiger partial charge on any atom is -0.493 e. The third-order valence-electron chi connectivity index (χ3n) is 5.51. The molecule has 1 saturated heterocycles. The fraction of sp³-hybridized carbons (Fsp3) is 0.650. The molecule has 1 aliphatic carbocycles. The Bertz CT molecular complexity index is 628. The highest BCUT2D eigenvalue weighted by Crippen LogP contribution is 2.32. The molecule has 1 atom stereocenters. The second-order valence-corrected chi connectivity index (χ2v) is 7.18. The topological polar surface area (TPSA) is 81.3 Å². The lowest BCUT2D eigenvalue weighted by molar-refractivity contribution is 0.0179. The van der Waals surface area contributed by atoms with Crippen molar-refractivity contribution in [3.8, 4) is 11.5 Å². The van der Waals surface area contributed by atoms with Crippen LogP contribution >= 0.6 is 0 Å². The molecule has 0 radical (unpaired) electrons. The van der Waals surface area contributed by atoms with Gasteiger partial charge in [0.05, 0.1) is 40.0 Å². The van der Waals surface area contributed by atoms with Crippen LogP contribution in [-0.4, -0.2) is 64.5 Å². The summed E-state index contributed by atoms with van der Waals surface area (Å²) in [7, 11) is 3.31. The van der Waals surface area contributed by atoms with Crippen LogP contribution < -0.4 is 20.5 Å². The Labute approximate surface area is 161 Å². The van der Waals surface area contributed by atoms with Crippen LogP contribution in [0.25, 0.3) is 0 Å². The number of nitrogens with one attached hydrogen (secondary N) is 1. The van der Waals surface area contributed by atoms with E-state index in [4.69, 9.17) is 19.9 Å². The standard InChI is InChI=1S/C20H32N4O3/c1-25-18-7-6-16(12-19(18)26-2)17(24-8-10-27-11-9-24)14-23-20(21)22-13-15-4-3-5-15/h6-7,12,15,17H,3-5,8-11,13-14H2,1-2H3,(H3,21,22,23). The maximum Gasteiger partial charge on any atom is 0.188 e. The summed E-state index contributed by atoms with van der Waals surface area (Å²) in [5.74, 6) is 2.74. The molecule has 3 N–H and O–H groups in total. The summed E-state index contributed by atoms with van der Waals surface area (Å²) in [6.45, 7) is 4.76. The maximum atomic E-state index is 6.11. The van der Waals surface area contributed by atoms with Gasteiger partial charge in [0.1, 0.15) is 0 Å². The molecule has 3 rings (SSSR count). The van der Waals surface area contributed by atoms with Crippen molar-refractivity contribution in [3.05, 3.63) is 23.8 Å². The number of rotatable bonds is 8. The van der Waals surface area contributed by atoms with Crippen LogP contribution in [0.4, 0.5) is 0 Å². The first-order valence-corrected chi connectivity index (χ1v) is 9.78. The van der Waals surface area contributed by atoms with E-state index in [0.717, 1.165) is 55.8 Å². The molecule has 27 heavy (non-hydrogen) atoms. The molecular weight excluding hydrogens is 344 g/mol. The van der Waals surface area contributed by atoms with Gasteiger partial charge in [-0.05, 0) is 36.5 Å². The fourth-order valence-corrected chi connectivity index (χ4v) is 3.57. The smallest absolute Gasteiger partial charge is 0.188 e. The minimum absolute atomic E-state index is 0.123. The van der Waals surface area contributed by atoms with Gasteiger partial charge < -0.3 is 25.3 Å². The van der Waals surface area contributed by atoms with Gasteiger partial charge in [0.25, 0.3) is 0 Å². The van der Waals surface area contributed by atoms with Crippen molar-refractivity contribution in [2.45, 2.75) is 25.3 Å². The van der Waals surface area contributed by atoms with E-state index < -0.39 is 0 Å². The molecule has 1 unspecified atom stereocenters. The summed E-state index contributed by atoms with van der Waals surface area (Å²) in [6.07, 6.45) is 3.92. The lowest BCUT2D eigenvalue weighted by Gasteiger charge is -2.34. The quantitative estimate of drug-likeness (QED) is 0.532. The number of hydrogen-bond donors (Lipinski definition) is 2. The zero-order chi connectivity index (χ0) is 19.1. The van der Waals surface area contributed by atoms with Crippen LogP contribution in [0.1, 0.15) is 30.9 Å². The van der Waals surface area contributed by atoms with Gasteiger partial charge in [0, 0.05) is 19.6 Å². The number of nitrogens with zero attached hydrogens (tertiary/aromatic N) is 2. The Morgan fingerprint density at radius 3 is 2.63 bits per heavy atom. The number of morpholine rings is 1. The second-order valence-electron chi connectivity index (χ2n) is 7.18. The normalized spacial score (nSPS) is 20.0. The molecule has 1 saturated carbocycles. The number of aliphatic imine (C=N–C) groups is 1. The Morgan fingerprint density at radius 1 is 1.26 bits per heavy atom. The van der Waals surface area contributed by atoms with Gasteiger partial charge in [-0.25, -0.2) is 0 Å². The van der Waals surface area contributed by atoms with E-state index in [9.17, 15) is 0 Å². The molecule has 7 heteroatoms. The first-order chi connectivity index (χ1) is 13.2. The van der Waals surface area contributed by atoms with Gasteiger partial charge in [-0.1, -0.05) is 12.5 Å². The van der Waals surface area contributed by atoms with E-state index in [2.05, 4.69) is 21.3 Å². The largest absolute Gasteiger partial charge is 0.493 e. The highest BCUT2D eigenvalue weighted by atomic mass is 16.5. The molecule has 0 amide bonds. The second kappa shape index (κ2) is 9.80. The van der Waals surface area contributed by atoms with Crippen LogP contribution in [0.5, 0.6) is 11.5 Å². The molecule has 1 aromatic carbocycles. The van der Waals surface area contributed by atoms with Crippen molar-refractivity contribution < 1.29 is 14.2 Å². The van der Waals surface area contributed by atoms with Gasteiger partial charge in [0.2, 0.25) is 0 Å². The van der Waals surface area contributed by atoms with E-state index in [1.807, 2.05) is 12.1 Å². The molecular formula is C20H32N4O3. The van der Waals surface area contributed by atoms with E-state index >= 15 is 0 Å². The monoisotopic (exact) mass is 376 g/mol. The van der Waals surface area contributed by atoms with Crippen LogP contribution in [0, 0.1) is 5.92 Å². The molecule has 1 heterocycles. The van der Waals surface area contributed by atoms with Crippen molar-refractivity contribution in [1.29, 1.82) is 0 Å². The number of guanidine groups is 1. The van der Waals surface area contributed by atoms with E-state index in [-0.39, 0.29) is 6.04 Å². The SMILES string of the molecule is COc1ccc(C(CN=C(N)NCC2CCC2)N2CCOCC2)cc1OC. The van der Waals surface area contributed by atoms with E-state index in [1.165, 1.54) is 19.3 Å². The van der Waals surface area contributed by atoms with Gasteiger partial charge >= 0.3 is 0 Å². The molecule has 1 aliphatic heterocycles. The Kier molecular flexibility index (Phi) is 7.18. The van der Waals surface area contributed by atoms with E-state index in [1.54, 1.807) is 14.2 Å². The van der Waals surface area contributed by atoms with Crippen LogP contribution in [0.2, 0.25) is 0 Å². The molecule has 2 aliphatic rings. The maximum absolute atomic E-state index is 6.11. The first kappa shape index (κ1) is 19.8. The number of hydrogen-bond acceptors (Lipinski definition) is 5. The highest BCUT2D eigenvalue weighted by Gasteiger charge is 2.24. The third-order valence-corrected chi connectivity index (χ3v) is 5.51. The Balaban J connectivity index is 1.72. The van der Waals surface area contributed by atoms with Crippen LogP contribution in [-0.2, 0) is 4.74 Å². The summed E-state index contributed by atoms with van der Waals surface area (Å²) >= 11 is 0. The number of benzene rings is 1. The molecule has 7 nitrogen and oxygen atoms in total. The first-order valence-electron chi connectivity index (χ1n) is 9.78. The highest BCUT2D eigenvalue weighted by molar-refractivity contribution is 5.77. The third kappa shape index (κ3) is 5.26. The minimum atomic E-state index is 0.123. The predicted molar refractivity (Wildman–Crippen MR) is 107 cm³/mol. The lowest BCUT2D eigenvalue weighted by atomic mass is 9.85. The summed E-state index contributed by atoms with van der Waals surface area (Å²) in [6, 6.07) is 6.18. The zero-order valence-electron chi connectivity index (χ0n) is 16.4. The van der Waals surface area contributed by atoms with Gasteiger partial charge in [0.15, 0.2) is 17.5 Å². The number of ether oxygens (including phenoxy) is 3. The van der Waals surface area contributed by atoms with Gasteiger partial charge in [-0.3, -0.25) is 9.89 Å². The molecule has 1 aromatic rings. The van der Waals surface area contributed by atoms with Gasteiger partial charge in [-0.15, -0.1) is 0 Å². The van der Waals surface area contributed by atoms with Crippen molar-refractivity contribution in [3.63, 3.8) is 0 Å². The molecule has 2 fully saturated rings. The summed E-state index contributed by atoms with van der Waals surface area (Å²) in [5.41, 5.74) is 7.25. The summed E-state index contributed by atoms with van der Waals surface area (Å²) in [4.78, 5) is 7.03. The zero-order valence-corrected chi connectivity index (χ0v) is 16.4. The van der Waals surface area contributed by atoms with Crippen LogP contribution in [0.3, 0.4) is 0 Å². The average molecular weight is 377 g/mol. The molecule has 0 aromatic heterocycles. The predicted octanol–water partition coefficient (Wildman–Crippen LogP) is 1.78. The average Bonchev–Trinajstić information content (AvgIpc) is 2.67. The summed E-state index contributed by atoms with van der Waals surface area (Å²) < 4.78 is 16.4. The van der Waals surface area contributed by atoms with E-state index in [0.29, 0.717) is 12.5 Å². The Hall–Kier alpha value is -1.99. The number of methoxy groups -OCH3 is 2. The number of nitrogens with two attached hydrogens (primary N) is 1. The van der Waals surface area contributed by atoms with Crippen molar-refractivity contribution in [2.24, 2.45) is 16.6 Å². The van der Waals surface area contributed by atoms with Crippen molar-refractivity contribution in [1.82, 2.24) is 10.2 Å². The van der Waals surface area contributed by atoms with Crippen molar-refractivity contribution in [2.75, 3.05) is 53.6 Å². The lowest BCUT2D eigenvalue weighted by Crippen LogP contribution is -2.41.